The third-order valence-corrected chi connectivity index (χ3v) is 5.34. The average Bonchev–Trinajstić information content (AvgIpc) is 2.67. The summed E-state index contributed by atoms with van der Waals surface area (Å²) in [6.45, 7) is 5.18. The molecule has 1 atom stereocenters. The van der Waals surface area contributed by atoms with E-state index in [2.05, 4.69) is 51.2 Å². The van der Waals surface area contributed by atoms with Crippen LogP contribution in [0.2, 0.25) is 0 Å². The molecular formula is C19H25N5. The van der Waals surface area contributed by atoms with E-state index in [1.54, 1.807) is 0 Å². The van der Waals surface area contributed by atoms with E-state index in [0.29, 0.717) is 6.04 Å². The summed E-state index contributed by atoms with van der Waals surface area (Å²) >= 11 is 0. The molecule has 0 aliphatic carbocycles. The van der Waals surface area contributed by atoms with Gasteiger partial charge in [0.2, 0.25) is 5.95 Å². The highest BCUT2D eigenvalue weighted by Gasteiger charge is 2.24. The Labute approximate surface area is 143 Å². The zero-order chi connectivity index (χ0) is 16.4. The van der Waals surface area contributed by atoms with Crippen molar-refractivity contribution in [2.75, 3.05) is 22.9 Å². The SMILES string of the molecule is CCC1CCCCN1c1cnnc(N2CCc3ccccc3C2)n1. The topological polar surface area (TPSA) is 45.2 Å². The monoisotopic (exact) mass is 323 g/mol. The summed E-state index contributed by atoms with van der Waals surface area (Å²) in [6, 6.07) is 9.25. The van der Waals surface area contributed by atoms with Crippen molar-refractivity contribution in [3.05, 3.63) is 41.6 Å². The first-order chi connectivity index (χ1) is 11.8. The van der Waals surface area contributed by atoms with Crippen LogP contribution in [0.4, 0.5) is 11.8 Å². The van der Waals surface area contributed by atoms with E-state index in [-0.39, 0.29) is 0 Å². The molecule has 1 aromatic heterocycles. The molecule has 1 unspecified atom stereocenters. The summed E-state index contributed by atoms with van der Waals surface area (Å²) in [7, 11) is 0. The molecule has 3 heterocycles. The van der Waals surface area contributed by atoms with Crippen molar-refractivity contribution in [1.82, 2.24) is 15.2 Å². The minimum absolute atomic E-state index is 0.588. The minimum atomic E-state index is 0.588. The van der Waals surface area contributed by atoms with E-state index in [0.717, 1.165) is 44.2 Å². The Morgan fingerprint density at radius 3 is 2.88 bits per heavy atom. The second-order valence-electron chi connectivity index (χ2n) is 6.81. The molecule has 1 saturated heterocycles. The molecule has 0 amide bonds. The van der Waals surface area contributed by atoms with Crippen LogP contribution in [0.25, 0.3) is 0 Å². The van der Waals surface area contributed by atoms with E-state index in [9.17, 15) is 0 Å². The second-order valence-corrected chi connectivity index (χ2v) is 6.81. The van der Waals surface area contributed by atoms with E-state index in [1.807, 2.05) is 6.20 Å². The summed E-state index contributed by atoms with van der Waals surface area (Å²) in [5.41, 5.74) is 2.82. The van der Waals surface area contributed by atoms with Crippen molar-refractivity contribution in [1.29, 1.82) is 0 Å². The third-order valence-electron chi connectivity index (χ3n) is 5.34. The maximum atomic E-state index is 4.87. The molecule has 2 aromatic rings. The number of nitrogens with zero attached hydrogens (tertiary/aromatic N) is 5. The van der Waals surface area contributed by atoms with Crippen LogP contribution in [0.3, 0.4) is 0 Å². The number of anilines is 2. The number of piperidine rings is 1. The molecule has 0 radical (unpaired) electrons. The Balaban J connectivity index is 1.57. The number of aromatic nitrogens is 3. The van der Waals surface area contributed by atoms with Gasteiger partial charge in [0.05, 0.1) is 6.20 Å². The van der Waals surface area contributed by atoms with Gasteiger partial charge >= 0.3 is 0 Å². The molecule has 1 fully saturated rings. The largest absolute Gasteiger partial charge is 0.352 e. The fraction of sp³-hybridized carbons (Fsp3) is 0.526. The number of fused-ring (bicyclic) bond motifs is 1. The Bertz CT molecular complexity index is 702. The van der Waals surface area contributed by atoms with E-state index < -0.39 is 0 Å². The van der Waals surface area contributed by atoms with Gasteiger partial charge in [0.15, 0.2) is 5.82 Å². The maximum absolute atomic E-state index is 4.87. The quantitative estimate of drug-likeness (QED) is 0.868. The minimum Gasteiger partial charge on any atom is -0.352 e. The molecular weight excluding hydrogens is 298 g/mol. The van der Waals surface area contributed by atoms with Crippen molar-refractivity contribution in [3.8, 4) is 0 Å². The lowest BCUT2D eigenvalue weighted by Gasteiger charge is -2.36. The van der Waals surface area contributed by atoms with Crippen molar-refractivity contribution < 1.29 is 0 Å². The molecule has 0 N–H and O–H groups in total. The van der Waals surface area contributed by atoms with Crippen molar-refractivity contribution in [3.63, 3.8) is 0 Å². The number of rotatable bonds is 3. The lowest BCUT2D eigenvalue weighted by molar-refractivity contribution is 0.445. The molecule has 2 aliphatic rings. The van der Waals surface area contributed by atoms with Crippen LogP contribution in [0.5, 0.6) is 0 Å². The Hall–Kier alpha value is -2.17. The predicted molar refractivity (Wildman–Crippen MR) is 96.3 cm³/mol. The van der Waals surface area contributed by atoms with Gasteiger partial charge in [-0.2, -0.15) is 10.1 Å². The maximum Gasteiger partial charge on any atom is 0.247 e. The highest BCUT2D eigenvalue weighted by molar-refractivity contribution is 5.45. The molecule has 0 spiro atoms. The van der Waals surface area contributed by atoms with Gasteiger partial charge in [-0.05, 0) is 43.2 Å². The molecule has 0 saturated carbocycles. The summed E-state index contributed by atoms with van der Waals surface area (Å²) in [5, 5.41) is 8.58. The number of benzene rings is 1. The Kier molecular flexibility index (Phi) is 4.32. The molecule has 24 heavy (non-hydrogen) atoms. The standard InChI is InChI=1S/C19H25N5/c1-2-17-9-5-6-11-24(17)18-13-20-22-19(21-18)23-12-10-15-7-3-4-8-16(15)14-23/h3-4,7-8,13,17H,2,5-6,9-12,14H2,1H3. The summed E-state index contributed by atoms with van der Waals surface area (Å²) in [6.07, 6.45) is 7.86. The fourth-order valence-electron chi connectivity index (χ4n) is 3.95. The second kappa shape index (κ2) is 6.75. The van der Waals surface area contributed by atoms with Gasteiger partial charge < -0.3 is 9.80 Å². The predicted octanol–water partition coefficient (Wildman–Crippen LogP) is 3.20. The highest BCUT2D eigenvalue weighted by atomic mass is 15.4. The van der Waals surface area contributed by atoms with E-state index in [4.69, 9.17) is 4.98 Å². The van der Waals surface area contributed by atoms with Crippen LogP contribution >= 0.6 is 0 Å². The van der Waals surface area contributed by atoms with E-state index in [1.165, 1.54) is 30.4 Å². The van der Waals surface area contributed by atoms with Gasteiger partial charge in [-0.15, -0.1) is 5.10 Å². The van der Waals surface area contributed by atoms with Crippen LogP contribution < -0.4 is 9.80 Å². The fourth-order valence-corrected chi connectivity index (χ4v) is 3.95. The van der Waals surface area contributed by atoms with Gasteiger partial charge in [-0.3, -0.25) is 0 Å². The first kappa shape index (κ1) is 15.4. The van der Waals surface area contributed by atoms with Gasteiger partial charge in [0, 0.05) is 25.7 Å². The lowest BCUT2D eigenvalue weighted by Crippen LogP contribution is -2.40. The van der Waals surface area contributed by atoms with Crippen LogP contribution in [0, 0.1) is 0 Å². The summed E-state index contributed by atoms with van der Waals surface area (Å²) in [4.78, 5) is 9.55. The smallest absolute Gasteiger partial charge is 0.247 e. The summed E-state index contributed by atoms with van der Waals surface area (Å²) < 4.78 is 0. The number of hydrogen-bond acceptors (Lipinski definition) is 5. The molecule has 126 valence electrons. The van der Waals surface area contributed by atoms with Gasteiger partial charge in [0.25, 0.3) is 0 Å². The zero-order valence-electron chi connectivity index (χ0n) is 14.4. The van der Waals surface area contributed by atoms with Gasteiger partial charge in [-0.25, -0.2) is 0 Å². The van der Waals surface area contributed by atoms with Gasteiger partial charge in [0.1, 0.15) is 0 Å². The van der Waals surface area contributed by atoms with Gasteiger partial charge in [-0.1, -0.05) is 31.2 Å². The first-order valence-corrected chi connectivity index (χ1v) is 9.13. The van der Waals surface area contributed by atoms with Crippen LogP contribution in [-0.4, -0.2) is 34.3 Å². The normalized spacial score (nSPS) is 20.8. The number of hydrogen-bond donors (Lipinski definition) is 0. The Morgan fingerprint density at radius 2 is 2.00 bits per heavy atom. The molecule has 5 nitrogen and oxygen atoms in total. The Morgan fingerprint density at radius 1 is 1.12 bits per heavy atom. The average molecular weight is 323 g/mol. The van der Waals surface area contributed by atoms with Crippen LogP contribution in [-0.2, 0) is 13.0 Å². The highest BCUT2D eigenvalue weighted by Crippen LogP contribution is 2.27. The van der Waals surface area contributed by atoms with E-state index >= 15 is 0 Å². The van der Waals surface area contributed by atoms with Crippen LogP contribution in [0.1, 0.15) is 43.7 Å². The molecule has 4 rings (SSSR count). The van der Waals surface area contributed by atoms with Crippen LogP contribution in [0.15, 0.2) is 30.5 Å². The zero-order valence-corrected chi connectivity index (χ0v) is 14.4. The lowest BCUT2D eigenvalue weighted by atomic mass is 10.00. The molecule has 2 aliphatic heterocycles. The first-order valence-electron chi connectivity index (χ1n) is 9.13. The third kappa shape index (κ3) is 2.95. The van der Waals surface area contributed by atoms with Crippen molar-refractivity contribution in [2.45, 2.75) is 51.6 Å². The van der Waals surface area contributed by atoms with Crippen molar-refractivity contribution in [2.24, 2.45) is 0 Å². The summed E-state index contributed by atoms with van der Waals surface area (Å²) in [5.74, 6) is 1.76. The molecule has 1 aromatic carbocycles. The van der Waals surface area contributed by atoms with Crippen molar-refractivity contribution >= 4 is 11.8 Å². The molecule has 5 heteroatoms. The molecule has 0 bridgehead atoms.